The second kappa shape index (κ2) is 6.07. The molecule has 0 saturated heterocycles. The van der Waals surface area contributed by atoms with E-state index in [1.807, 2.05) is 0 Å². The Kier molecular flexibility index (Phi) is 4.51. The normalized spacial score (nSPS) is 21.1. The lowest BCUT2D eigenvalue weighted by Crippen LogP contribution is -2.57. The van der Waals surface area contributed by atoms with Gasteiger partial charge in [0.15, 0.2) is 18.1 Å². The molecule has 1 aromatic rings. The van der Waals surface area contributed by atoms with Gasteiger partial charge in [-0.25, -0.2) is 0 Å². The van der Waals surface area contributed by atoms with Gasteiger partial charge in [-0.05, 0) is 19.1 Å². The van der Waals surface area contributed by atoms with E-state index in [1.165, 1.54) is 20.1 Å². The van der Waals surface area contributed by atoms with Crippen LogP contribution >= 0.6 is 0 Å². The van der Waals surface area contributed by atoms with E-state index < -0.39 is 30.8 Å². The van der Waals surface area contributed by atoms with Crippen LogP contribution in [0.3, 0.4) is 0 Å². The van der Waals surface area contributed by atoms with Crippen LogP contribution in [0.2, 0.25) is 0 Å². The number of carbonyl (C=O) groups excluding carboxylic acids is 1. The number of rotatable bonds is 4. The molecule has 0 bridgehead atoms. The fourth-order valence-corrected chi connectivity index (χ4v) is 2.14. The van der Waals surface area contributed by atoms with Crippen molar-refractivity contribution >= 4 is 11.6 Å². The van der Waals surface area contributed by atoms with E-state index >= 15 is 0 Å². The van der Waals surface area contributed by atoms with Crippen LogP contribution in [-0.2, 0) is 4.79 Å². The predicted molar refractivity (Wildman–Crippen MR) is 74.1 cm³/mol. The Hall–Kier alpha value is -2.29. The van der Waals surface area contributed by atoms with Gasteiger partial charge in [-0.3, -0.25) is 4.79 Å². The summed E-state index contributed by atoms with van der Waals surface area (Å²) in [5.74, 6) is -0.598. The van der Waals surface area contributed by atoms with Crippen LogP contribution in [0.25, 0.3) is 0 Å². The third-order valence-corrected chi connectivity index (χ3v) is 3.23. The molecular weight excluding hydrogens is 317 g/mol. The Labute approximate surface area is 130 Å². The van der Waals surface area contributed by atoms with Crippen molar-refractivity contribution in [2.45, 2.75) is 25.2 Å². The molecule has 2 rings (SSSR count). The van der Waals surface area contributed by atoms with Gasteiger partial charge in [0, 0.05) is 12.1 Å². The van der Waals surface area contributed by atoms with Gasteiger partial charge < -0.3 is 14.6 Å². The average molecular weight is 332 g/mol. The lowest BCUT2D eigenvalue weighted by Gasteiger charge is -2.32. The fourth-order valence-electron chi connectivity index (χ4n) is 2.14. The Balaban J connectivity index is 2.13. The highest BCUT2D eigenvalue weighted by atomic mass is 19.4. The molecule has 0 unspecified atom stereocenters. The van der Waals surface area contributed by atoms with Crippen molar-refractivity contribution in [1.29, 1.82) is 0 Å². The van der Waals surface area contributed by atoms with E-state index in [0.717, 1.165) is 0 Å². The van der Waals surface area contributed by atoms with Crippen molar-refractivity contribution in [3.63, 3.8) is 0 Å². The van der Waals surface area contributed by atoms with Crippen molar-refractivity contribution in [2.24, 2.45) is 5.10 Å². The summed E-state index contributed by atoms with van der Waals surface area (Å²) in [5.41, 5.74) is -3.35. The van der Waals surface area contributed by atoms with Crippen molar-refractivity contribution in [3.8, 4) is 11.5 Å². The SMILES string of the molecule is COc1ccccc1OCC(=O)N1N=C(C)C[C@]1(O)C(F)(F)F. The molecular formula is C14H15F3N2O4. The minimum atomic E-state index is -5.03. The minimum Gasteiger partial charge on any atom is -0.493 e. The number of carbonyl (C=O) groups is 1. The molecule has 0 fully saturated rings. The Morgan fingerprint density at radius 1 is 1.39 bits per heavy atom. The monoisotopic (exact) mass is 332 g/mol. The van der Waals surface area contributed by atoms with E-state index in [0.29, 0.717) is 5.75 Å². The van der Waals surface area contributed by atoms with Crippen LogP contribution in [0.4, 0.5) is 13.2 Å². The lowest BCUT2D eigenvalue weighted by atomic mass is 10.1. The summed E-state index contributed by atoms with van der Waals surface area (Å²) < 4.78 is 49.3. The number of alkyl halides is 3. The maximum absolute atomic E-state index is 13.0. The van der Waals surface area contributed by atoms with Crippen molar-refractivity contribution in [1.82, 2.24) is 5.01 Å². The topological polar surface area (TPSA) is 71.4 Å². The highest BCUT2D eigenvalue weighted by Gasteiger charge is 2.62. The molecule has 126 valence electrons. The van der Waals surface area contributed by atoms with Gasteiger partial charge in [-0.2, -0.15) is 23.3 Å². The van der Waals surface area contributed by atoms with Crippen LogP contribution < -0.4 is 9.47 Å². The van der Waals surface area contributed by atoms with E-state index in [9.17, 15) is 23.1 Å². The molecule has 6 nitrogen and oxygen atoms in total. The van der Waals surface area contributed by atoms with Gasteiger partial charge in [-0.1, -0.05) is 12.1 Å². The molecule has 9 heteroatoms. The average Bonchev–Trinajstić information content (AvgIpc) is 2.81. The van der Waals surface area contributed by atoms with Crippen LogP contribution in [0, 0.1) is 0 Å². The summed E-state index contributed by atoms with van der Waals surface area (Å²) in [7, 11) is 1.39. The number of hydrazone groups is 1. The number of para-hydroxylation sites is 2. The molecule has 0 radical (unpaired) electrons. The van der Waals surface area contributed by atoms with Gasteiger partial charge in [0.2, 0.25) is 0 Å². The molecule has 1 N–H and O–H groups in total. The quantitative estimate of drug-likeness (QED) is 0.915. The van der Waals surface area contributed by atoms with Crippen LogP contribution in [0.15, 0.2) is 29.4 Å². The Morgan fingerprint density at radius 2 is 2.00 bits per heavy atom. The smallest absolute Gasteiger partial charge is 0.438 e. The number of hydrogen-bond acceptors (Lipinski definition) is 5. The van der Waals surface area contributed by atoms with Crippen molar-refractivity contribution < 1.29 is 32.5 Å². The summed E-state index contributed by atoms with van der Waals surface area (Å²) in [6, 6.07) is 6.36. The zero-order valence-corrected chi connectivity index (χ0v) is 12.4. The molecule has 1 aliphatic heterocycles. The summed E-state index contributed by atoms with van der Waals surface area (Å²) in [6.07, 6.45) is -5.83. The first-order valence-electron chi connectivity index (χ1n) is 6.61. The molecule has 0 aromatic heterocycles. The van der Waals surface area contributed by atoms with Gasteiger partial charge in [-0.15, -0.1) is 0 Å². The van der Waals surface area contributed by atoms with Gasteiger partial charge in [0.25, 0.3) is 11.6 Å². The second-order valence-corrected chi connectivity index (χ2v) is 4.97. The Morgan fingerprint density at radius 3 is 2.57 bits per heavy atom. The number of nitrogens with zero attached hydrogens (tertiary/aromatic N) is 2. The van der Waals surface area contributed by atoms with E-state index in [1.54, 1.807) is 18.2 Å². The number of ether oxygens (including phenoxy) is 2. The first kappa shape index (κ1) is 17.1. The first-order chi connectivity index (χ1) is 10.7. The molecule has 0 saturated carbocycles. The summed E-state index contributed by atoms with van der Waals surface area (Å²) in [5, 5.41) is 13.3. The van der Waals surface area contributed by atoms with Crippen LogP contribution in [-0.4, -0.2) is 47.4 Å². The molecule has 1 heterocycles. The van der Waals surface area contributed by atoms with Crippen LogP contribution in [0.5, 0.6) is 11.5 Å². The summed E-state index contributed by atoms with van der Waals surface area (Å²) >= 11 is 0. The third-order valence-electron chi connectivity index (χ3n) is 3.23. The molecule has 1 atom stereocenters. The zero-order valence-electron chi connectivity index (χ0n) is 12.4. The van der Waals surface area contributed by atoms with Crippen LogP contribution in [0.1, 0.15) is 13.3 Å². The third kappa shape index (κ3) is 3.24. The molecule has 0 spiro atoms. The first-order valence-corrected chi connectivity index (χ1v) is 6.61. The maximum atomic E-state index is 13.0. The minimum absolute atomic E-state index is 0.00420. The number of amides is 1. The number of hydrogen-bond donors (Lipinski definition) is 1. The maximum Gasteiger partial charge on any atom is 0.438 e. The highest BCUT2D eigenvalue weighted by Crippen LogP contribution is 2.40. The number of halogens is 3. The van der Waals surface area contributed by atoms with E-state index in [-0.39, 0.29) is 16.5 Å². The standard InChI is InChI=1S/C14H15F3N2O4/c1-9-7-13(21,14(15,16)17)19(18-9)12(20)8-23-11-6-4-3-5-10(11)22-2/h3-6,21H,7-8H2,1-2H3/t13-/m0/s1. The number of benzene rings is 1. The fraction of sp³-hybridized carbons (Fsp3) is 0.429. The largest absolute Gasteiger partial charge is 0.493 e. The van der Waals surface area contributed by atoms with Gasteiger partial charge in [0.1, 0.15) is 0 Å². The second-order valence-electron chi connectivity index (χ2n) is 4.97. The van der Waals surface area contributed by atoms with Crippen molar-refractivity contribution in [2.75, 3.05) is 13.7 Å². The molecule has 23 heavy (non-hydrogen) atoms. The van der Waals surface area contributed by atoms with Crippen molar-refractivity contribution in [3.05, 3.63) is 24.3 Å². The Bertz CT molecular complexity index is 633. The summed E-state index contributed by atoms with van der Waals surface area (Å²) in [4.78, 5) is 12.0. The molecule has 1 aliphatic rings. The lowest BCUT2D eigenvalue weighted by molar-refractivity contribution is -0.302. The highest BCUT2D eigenvalue weighted by molar-refractivity contribution is 5.89. The molecule has 0 aliphatic carbocycles. The predicted octanol–water partition coefficient (Wildman–Crippen LogP) is 1.93. The molecule has 1 aromatic carbocycles. The van der Waals surface area contributed by atoms with E-state index in [4.69, 9.17) is 9.47 Å². The van der Waals surface area contributed by atoms with Gasteiger partial charge >= 0.3 is 6.18 Å². The number of aliphatic hydroxyl groups is 1. The van der Waals surface area contributed by atoms with Gasteiger partial charge in [0.05, 0.1) is 7.11 Å². The number of methoxy groups -OCH3 is 1. The van der Waals surface area contributed by atoms with E-state index in [2.05, 4.69) is 5.10 Å². The molecule has 1 amide bonds. The zero-order chi connectivity index (χ0) is 17.3. The summed E-state index contributed by atoms with van der Waals surface area (Å²) in [6.45, 7) is 0.570.